The third-order valence-electron chi connectivity index (χ3n) is 8.89. The van der Waals surface area contributed by atoms with Gasteiger partial charge < -0.3 is 0 Å². The Morgan fingerprint density at radius 3 is 2.00 bits per heavy atom. The fourth-order valence-electron chi connectivity index (χ4n) is 6.53. The Kier molecular flexibility index (Phi) is 10.6. The van der Waals surface area contributed by atoms with Crippen molar-refractivity contribution in [3.8, 4) is 6.07 Å². The van der Waals surface area contributed by atoms with Crippen molar-refractivity contribution in [2.24, 2.45) is 17.3 Å². The molecule has 0 aromatic heterocycles. The zero-order chi connectivity index (χ0) is 22.7. The Bertz CT molecular complexity index is 665. The van der Waals surface area contributed by atoms with E-state index in [1.54, 1.807) is 0 Å². The van der Waals surface area contributed by atoms with Crippen LogP contribution in [0, 0.1) is 28.6 Å². The van der Waals surface area contributed by atoms with Gasteiger partial charge in [-0.25, -0.2) is 0 Å². The summed E-state index contributed by atoms with van der Waals surface area (Å²) in [6, 6.07) is 12.4. The highest BCUT2D eigenvalue weighted by molar-refractivity contribution is 5.26. The Morgan fingerprint density at radius 2 is 1.41 bits per heavy atom. The van der Waals surface area contributed by atoms with Gasteiger partial charge in [0.05, 0.1) is 11.5 Å². The first-order valence-electron chi connectivity index (χ1n) is 14.2. The average Bonchev–Trinajstić information content (AvgIpc) is 2.84. The molecule has 0 saturated heterocycles. The topological polar surface area (TPSA) is 23.8 Å². The van der Waals surface area contributed by atoms with Gasteiger partial charge >= 0.3 is 0 Å². The molecule has 0 N–H and O–H groups in total. The van der Waals surface area contributed by atoms with Gasteiger partial charge in [-0.1, -0.05) is 109 Å². The molecule has 1 nitrogen and oxygen atoms in total. The molecule has 2 aliphatic carbocycles. The Hall–Kier alpha value is -1.29. The summed E-state index contributed by atoms with van der Waals surface area (Å²) in [6.07, 6.45) is 23.6. The van der Waals surface area contributed by atoms with E-state index in [-0.39, 0.29) is 5.41 Å². The Balaban J connectivity index is 1.39. The van der Waals surface area contributed by atoms with Crippen LogP contribution < -0.4 is 0 Å². The van der Waals surface area contributed by atoms with Gasteiger partial charge in [0.1, 0.15) is 0 Å². The van der Waals surface area contributed by atoms with Crippen LogP contribution in [0.4, 0.5) is 0 Å². The second-order valence-electron chi connectivity index (χ2n) is 11.3. The smallest absolute Gasteiger partial charge is 0.0689 e. The van der Waals surface area contributed by atoms with Gasteiger partial charge in [0.2, 0.25) is 0 Å². The fraction of sp³-hybridized carbons (Fsp3) is 0.774. The van der Waals surface area contributed by atoms with E-state index in [0.717, 1.165) is 31.1 Å². The van der Waals surface area contributed by atoms with Crippen LogP contribution in [0.3, 0.4) is 0 Å². The first kappa shape index (κ1) is 25.3. The van der Waals surface area contributed by atoms with Gasteiger partial charge in [0.25, 0.3) is 0 Å². The lowest BCUT2D eigenvalue weighted by Gasteiger charge is -2.35. The van der Waals surface area contributed by atoms with Gasteiger partial charge in [-0.15, -0.1) is 0 Å². The summed E-state index contributed by atoms with van der Waals surface area (Å²) >= 11 is 0. The van der Waals surface area contributed by atoms with Crippen molar-refractivity contribution >= 4 is 0 Å². The monoisotopic (exact) mass is 435 g/mol. The quantitative estimate of drug-likeness (QED) is 0.300. The SMILES string of the molecule is CCCCCCCC1(C#N)CCC(c2ccc(CCC3CCC(CCC)CC3)cc2)CC1. The lowest BCUT2D eigenvalue weighted by atomic mass is 9.67. The van der Waals surface area contributed by atoms with Crippen molar-refractivity contribution in [2.45, 2.75) is 135 Å². The van der Waals surface area contributed by atoms with E-state index in [1.807, 2.05) is 0 Å². The molecule has 2 saturated carbocycles. The molecule has 3 rings (SSSR count). The van der Waals surface area contributed by atoms with Gasteiger partial charge in [0.15, 0.2) is 0 Å². The lowest BCUT2D eigenvalue weighted by molar-refractivity contribution is 0.223. The van der Waals surface area contributed by atoms with E-state index >= 15 is 0 Å². The molecule has 0 atom stereocenters. The largest absolute Gasteiger partial charge is 0.198 e. The van der Waals surface area contributed by atoms with Crippen LogP contribution in [0.25, 0.3) is 0 Å². The number of aryl methyl sites for hydroxylation is 1. The molecular formula is C31H49N. The van der Waals surface area contributed by atoms with Crippen molar-refractivity contribution < 1.29 is 0 Å². The minimum atomic E-state index is -0.0290. The second kappa shape index (κ2) is 13.4. The summed E-state index contributed by atoms with van der Waals surface area (Å²) in [5.74, 6) is 2.65. The highest BCUT2D eigenvalue weighted by Crippen LogP contribution is 2.45. The molecule has 0 aliphatic heterocycles. The van der Waals surface area contributed by atoms with Crippen LogP contribution in [0.5, 0.6) is 0 Å². The zero-order valence-corrected chi connectivity index (χ0v) is 21.2. The highest BCUT2D eigenvalue weighted by atomic mass is 14.4. The average molecular weight is 436 g/mol. The summed E-state index contributed by atoms with van der Waals surface area (Å²) < 4.78 is 0. The minimum absolute atomic E-state index is 0.0290. The van der Waals surface area contributed by atoms with Gasteiger partial charge in [-0.2, -0.15) is 5.26 Å². The summed E-state index contributed by atoms with van der Waals surface area (Å²) in [7, 11) is 0. The molecule has 1 aromatic rings. The Labute approximate surface area is 199 Å². The standard InChI is InChI=1S/C31H49N/c1-3-5-6-7-8-22-31(25-32)23-20-30(21-24-31)29-18-16-28(17-19-29)15-14-27-12-10-26(9-4-2)11-13-27/h16-19,26-27,30H,3-15,20-24H2,1-2H3. The minimum Gasteiger partial charge on any atom is -0.198 e. The number of rotatable bonds is 12. The zero-order valence-electron chi connectivity index (χ0n) is 21.2. The second-order valence-corrected chi connectivity index (χ2v) is 11.3. The summed E-state index contributed by atoms with van der Waals surface area (Å²) in [6.45, 7) is 4.60. The normalized spacial score (nSPS) is 28.3. The number of hydrogen-bond donors (Lipinski definition) is 0. The first-order chi connectivity index (χ1) is 15.7. The van der Waals surface area contributed by atoms with E-state index in [4.69, 9.17) is 0 Å². The summed E-state index contributed by atoms with van der Waals surface area (Å²) in [5, 5.41) is 9.90. The number of nitriles is 1. The lowest BCUT2D eigenvalue weighted by Crippen LogP contribution is -2.25. The first-order valence-corrected chi connectivity index (χ1v) is 14.2. The number of nitrogens with zero attached hydrogens (tertiary/aromatic N) is 1. The molecule has 2 aliphatic rings. The van der Waals surface area contributed by atoms with E-state index in [1.165, 1.54) is 107 Å². The molecule has 0 spiro atoms. The third-order valence-corrected chi connectivity index (χ3v) is 8.89. The van der Waals surface area contributed by atoms with Crippen LogP contribution >= 0.6 is 0 Å². The van der Waals surface area contributed by atoms with Crippen LogP contribution in [0.15, 0.2) is 24.3 Å². The van der Waals surface area contributed by atoms with Crippen molar-refractivity contribution in [1.82, 2.24) is 0 Å². The van der Waals surface area contributed by atoms with Crippen molar-refractivity contribution in [1.29, 1.82) is 5.26 Å². The molecule has 32 heavy (non-hydrogen) atoms. The molecule has 1 heteroatoms. The van der Waals surface area contributed by atoms with E-state index in [0.29, 0.717) is 5.92 Å². The molecule has 0 heterocycles. The van der Waals surface area contributed by atoms with Crippen LogP contribution in [-0.4, -0.2) is 0 Å². The maximum atomic E-state index is 9.90. The number of hydrogen-bond acceptors (Lipinski definition) is 1. The molecule has 1 aromatic carbocycles. The van der Waals surface area contributed by atoms with E-state index in [2.05, 4.69) is 44.2 Å². The summed E-state index contributed by atoms with van der Waals surface area (Å²) in [4.78, 5) is 0. The van der Waals surface area contributed by atoms with Crippen molar-refractivity contribution in [3.05, 3.63) is 35.4 Å². The molecular weight excluding hydrogens is 386 g/mol. The maximum Gasteiger partial charge on any atom is 0.0689 e. The maximum absolute atomic E-state index is 9.90. The van der Waals surface area contributed by atoms with Crippen LogP contribution in [0.2, 0.25) is 0 Å². The fourth-order valence-corrected chi connectivity index (χ4v) is 6.53. The molecule has 0 radical (unpaired) electrons. The van der Waals surface area contributed by atoms with Crippen molar-refractivity contribution in [3.63, 3.8) is 0 Å². The van der Waals surface area contributed by atoms with Crippen molar-refractivity contribution in [2.75, 3.05) is 0 Å². The molecule has 178 valence electrons. The van der Waals surface area contributed by atoms with Gasteiger partial charge in [0, 0.05) is 0 Å². The third kappa shape index (κ3) is 7.64. The molecule has 0 unspecified atom stereocenters. The predicted octanol–water partition coefficient (Wildman–Crippen LogP) is 9.75. The van der Waals surface area contributed by atoms with E-state index < -0.39 is 0 Å². The Morgan fingerprint density at radius 1 is 0.781 bits per heavy atom. The number of unbranched alkanes of at least 4 members (excludes halogenated alkanes) is 4. The predicted molar refractivity (Wildman–Crippen MR) is 138 cm³/mol. The van der Waals surface area contributed by atoms with Crippen LogP contribution in [0.1, 0.15) is 140 Å². The molecule has 0 amide bonds. The van der Waals surface area contributed by atoms with Crippen LogP contribution in [-0.2, 0) is 6.42 Å². The van der Waals surface area contributed by atoms with E-state index in [9.17, 15) is 5.26 Å². The van der Waals surface area contributed by atoms with Gasteiger partial charge in [-0.3, -0.25) is 0 Å². The number of benzene rings is 1. The molecule has 2 fully saturated rings. The van der Waals surface area contributed by atoms with Gasteiger partial charge in [-0.05, 0) is 73.8 Å². The molecule has 0 bridgehead atoms. The highest BCUT2D eigenvalue weighted by Gasteiger charge is 2.35. The summed E-state index contributed by atoms with van der Waals surface area (Å²) in [5.41, 5.74) is 3.01.